The minimum Gasteiger partial charge on any atom is -0.380 e. The number of anilines is 1. The van der Waals surface area contributed by atoms with Crippen LogP contribution in [-0.2, 0) is 0 Å². The maximum Gasteiger partial charge on any atom is 0.175 e. The van der Waals surface area contributed by atoms with E-state index in [9.17, 15) is 0 Å². The van der Waals surface area contributed by atoms with E-state index in [2.05, 4.69) is 50.2 Å². The van der Waals surface area contributed by atoms with Crippen LogP contribution in [0.4, 0.5) is 5.82 Å². The maximum atomic E-state index is 5.90. The molecule has 2 N–H and O–H groups in total. The lowest BCUT2D eigenvalue weighted by atomic mass is 9.97. The lowest BCUT2D eigenvalue weighted by Gasteiger charge is -2.07. The van der Waals surface area contributed by atoms with Crippen molar-refractivity contribution >= 4 is 5.82 Å². The van der Waals surface area contributed by atoms with Crippen molar-refractivity contribution in [2.45, 2.75) is 33.1 Å². The molecule has 1 heterocycles. The Morgan fingerprint density at radius 2 is 1.94 bits per heavy atom. The number of benzene rings is 1. The summed E-state index contributed by atoms with van der Waals surface area (Å²) in [5.74, 6) is 1.69. The van der Waals surface area contributed by atoms with E-state index in [-0.39, 0.29) is 0 Å². The molecule has 2 rings (SSSR count). The molecule has 3 heteroatoms. The van der Waals surface area contributed by atoms with Gasteiger partial charge in [-0.05, 0) is 18.9 Å². The second-order valence-electron chi connectivity index (χ2n) is 4.48. The maximum absolute atomic E-state index is 5.90. The molecule has 17 heavy (non-hydrogen) atoms. The zero-order chi connectivity index (χ0) is 12.4. The highest BCUT2D eigenvalue weighted by atomic mass is 16.5. The van der Waals surface area contributed by atoms with Crippen molar-refractivity contribution in [2.24, 2.45) is 0 Å². The fourth-order valence-electron chi connectivity index (χ4n) is 1.85. The molecule has 2 aromatic rings. The monoisotopic (exact) mass is 230 g/mol. The molecule has 1 unspecified atom stereocenters. The van der Waals surface area contributed by atoms with E-state index in [1.807, 2.05) is 0 Å². The van der Waals surface area contributed by atoms with Crippen molar-refractivity contribution in [3.8, 4) is 11.1 Å². The van der Waals surface area contributed by atoms with Gasteiger partial charge in [-0.2, -0.15) is 0 Å². The van der Waals surface area contributed by atoms with E-state index in [1.165, 1.54) is 5.56 Å². The topological polar surface area (TPSA) is 52.0 Å². The van der Waals surface area contributed by atoms with E-state index >= 15 is 0 Å². The first-order valence-electron chi connectivity index (χ1n) is 5.95. The number of aromatic nitrogens is 1. The molecule has 0 saturated heterocycles. The Kier molecular flexibility index (Phi) is 3.18. The van der Waals surface area contributed by atoms with E-state index in [4.69, 9.17) is 10.3 Å². The smallest absolute Gasteiger partial charge is 0.175 e. The number of rotatable bonds is 3. The molecule has 90 valence electrons. The molecule has 0 bridgehead atoms. The minimum absolute atomic E-state index is 0.330. The van der Waals surface area contributed by atoms with Gasteiger partial charge in [-0.3, -0.25) is 0 Å². The first kappa shape index (κ1) is 11.7. The fraction of sp³-hybridized carbons (Fsp3) is 0.357. The zero-order valence-electron chi connectivity index (χ0n) is 10.5. The molecular weight excluding hydrogens is 212 g/mol. The van der Waals surface area contributed by atoms with Crippen molar-refractivity contribution in [2.75, 3.05) is 5.73 Å². The number of nitrogen functional groups attached to an aromatic ring is 1. The van der Waals surface area contributed by atoms with Gasteiger partial charge in [-0.15, -0.1) is 0 Å². The lowest BCUT2D eigenvalue weighted by Crippen LogP contribution is -1.94. The third-order valence-electron chi connectivity index (χ3n) is 3.15. The first-order chi connectivity index (χ1) is 8.13. The predicted octanol–water partition coefficient (Wildman–Crippen LogP) is 3.75. The molecule has 0 amide bonds. The summed E-state index contributed by atoms with van der Waals surface area (Å²) in [4.78, 5) is 0. The van der Waals surface area contributed by atoms with Crippen LogP contribution < -0.4 is 5.73 Å². The number of hydrogen-bond donors (Lipinski definition) is 1. The first-order valence-corrected chi connectivity index (χ1v) is 5.95. The highest BCUT2D eigenvalue weighted by molar-refractivity contribution is 5.76. The molecule has 3 nitrogen and oxygen atoms in total. The SMILES string of the molecule is CCC(C)c1onc(N)c1-c1ccc(C)cc1. The van der Waals surface area contributed by atoms with Gasteiger partial charge in [-0.25, -0.2) is 0 Å². The summed E-state index contributed by atoms with van der Waals surface area (Å²) < 4.78 is 5.36. The largest absolute Gasteiger partial charge is 0.380 e. The van der Waals surface area contributed by atoms with Crippen molar-refractivity contribution in [3.63, 3.8) is 0 Å². The van der Waals surface area contributed by atoms with Gasteiger partial charge in [0.15, 0.2) is 5.82 Å². The summed E-state index contributed by atoms with van der Waals surface area (Å²) in [6, 6.07) is 8.26. The Bertz CT molecular complexity index is 499. The molecule has 0 aliphatic rings. The Morgan fingerprint density at radius 1 is 1.29 bits per heavy atom. The Hall–Kier alpha value is -1.77. The van der Waals surface area contributed by atoms with Crippen molar-refractivity contribution < 1.29 is 4.52 Å². The molecule has 0 aliphatic heterocycles. The summed E-state index contributed by atoms with van der Waals surface area (Å²) in [6.07, 6.45) is 1.01. The number of nitrogens with zero attached hydrogens (tertiary/aromatic N) is 1. The molecule has 1 atom stereocenters. The van der Waals surface area contributed by atoms with E-state index in [0.717, 1.165) is 23.3 Å². The third kappa shape index (κ3) is 2.18. The van der Waals surface area contributed by atoms with Gasteiger partial charge < -0.3 is 10.3 Å². The van der Waals surface area contributed by atoms with Crippen LogP contribution in [0.25, 0.3) is 11.1 Å². The molecule has 1 aromatic carbocycles. The van der Waals surface area contributed by atoms with Gasteiger partial charge in [-0.1, -0.05) is 48.8 Å². The quantitative estimate of drug-likeness (QED) is 0.873. The summed E-state index contributed by atoms with van der Waals surface area (Å²) in [7, 11) is 0. The van der Waals surface area contributed by atoms with Crippen LogP contribution in [0.1, 0.15) is 37.5 Å². The molecule has 0 aliphatic carbocycles. The van der Waals surface area contributed by atoms with Crippen LogP contribution in [0.5, 0.6) is 0 Å². The van der Waals surface area contributed by atoms with Gasteiger partial charge in [0.1, 0.15) is 5.76 Å². The molecular formula is C14H18N2O. The summed E-state index contributed by atoms with van der Waals surface area (Å²) in [5.41, 5.74) is 9.15. The van der Waals surface area contributed by atoms with Gasteiger partial charge >= 0.3 is 0 Å². The predicted molar refractivity (Wildman–Crippen MR) is 69.8 cm³/mol. The van der Waals surface area contributed by atoms with Crippen LogP contribution >= 0.6 is 0 Å². The van der Waals surface area contributed by atoms with Crippen molar-refractivity contribution in [3.05, 3.63) is 35.6 Å². The van der Waals surface area contributed by atoms with Crippen LogP contribution in [0.3, 0.4) is 0 Å². The third-order valence-corrected chi connectivity index (χ3v) is 3.15. The molecule has 1 aromatic heterocycles. The van der Waals surface area contributed by atoms with Crippen LogP contribution in [0, 0.1) is 6.92 Å². The van der Waals surface area contributed by atoms with Gasteiger partial charge in [0.25, 0.3) is 0 Å². The zero-order valence-corrected chi connectivity index (χ0v) is 10.5. The fourth-order valence-corrected chi connectivity index (χ4v) is 1.85. The van der Waals surface area contributed by atoms with Crippen molar-refractivity contribution in [1.82, 2.24) is 5.16 Å². The number of nitrogens with two attached hydrogens (primary N) is 1. The minimum atomic E-state index is 0.330. The highest BCUT2D eigenvalue weighted by Crippen LogP contribution is 2.35. The summed E-state index contributed by atoms with van der Waals surface area (Å²) in [6.45, 7) is 6.32. The van der Waals surface area contributed by atoms with Crippen LogP contribution in [0.2, 0.25) is 0 Å². The van der Waals surface area contributed by atoms with E-state index < -0.39 is 0 Å². The van der Waals surface area contributed by atoms with Crippen molar-refractivity contribution in [1.29, 1.82) is 0 Å². The van der Waals surface area contributed by atoms with E-state index in [0.29, 0.717) is 11.7 Å². The average Bonchev–Trinajstić information content (AvgIpc) is 2.71. The second-order valence-corrected chi connectivity index (χ2v) is 4.48. The van der Waals surface area contributed by atoms with Gasteiger partial charge in [0, 0.05) is 5.92 Å². The Morgan fingerprint density at radius 3 is 2.53 bits per heavy atom. The Labute approximate surface area is 102 Å². The van der Waals surface area contributed by atoms with E-state index in [1.54, 1.807) is 0 Å². The summed E-state index contributed by atoms with van der Waals surface area (Å²) in [5, 5.41) is 3.89. The standard InChI is InChI=1S/C14H18N2O/c1-4-10(3)13-12(14(15)16-17-13)11-7-5-9(2)6-8-11/h5-8,10H,4H2,1-3H3,(H2,15,16). The Balaban J connectivity index is 2.50. The molecule has 0 saturated carbocycles. The van der Waals surface area contributed by atoms with Crippen LogP contribution in [-0.4, -0.2) is 5.16 Å². The van der Waals surface area contributed by atoms with Crippen LogP contribution in [0.15, 0.2) is 28.8 Å². The molecule has 0 radical (unpaired) electrons. The average molecular weight is 230 g/mol. The van der Waals surface area contributed by atoms with Gasteiger partial charge in [0.05, 0.1) is 5.56 Å². The molecule has 0 fully saturated rings. The normalized spacial score (nSPS) is 12.6. The highest BCUT2D eigenvalue weighted by Gasteiger charge is 2.19. The molecule has 0 spiro atoms. The number of hydrogen-bond acceptors (Lipinski definition) is 3. The summed E-state index contributed by atoms with van der Waals surface area (Å²) >= 11 is 0. The lowest BCUT2D eigenvalue weighted by molar-refractivity contribution is 0.366. The second kappa shape index (κ2) is 4.62. The van der Waals surface area contributed by atoms with Gasteiger partial charge in [0.2, 0.25) is 0 Å². The number of aryl methyl sites for hydroxylation is 1.